The molecule has 3 rings (SSSR count). The van der Waals surface area contributed by atoms with Crippen LogP contribution in [0.1, 0.15) is 7.43 Å². The van der Waals surface area contributed by atoms with Crippen LogP contribution in [0.25, 0.3) is 21.9 Å². The lowest BCUT2D eigenvalue weighted by molar-refractivity contribution is 0.475. The molecule has 0 aromatic heterocycles. The summed E-state index contributed by atoms with van der Waals surface area (Å²) in [5, 5.41) is 20.8. The first-order valence-electron chi connectivity index (χ1n) is 5.74. The molecule has 0 atom stereocenters. The minimum Gasteiger partial charge on any atom is -0.508 e. The summed E-state index contributed by atoms with van der Waals surface area (Å²) in [5.74, 6) is 0.546. The molecule has 2 heteroatoms. The zero-order valence-corrected chi connectivity index (χ0v) is 9.67. The topological polar surface area (TPSA) is 40.5 Å². The van der Waals surface area contributed by atoms with E-state index in [4.69, 9.17) is 0 Å². The zero-order chi connectivity index (χ0) is 12.5. The fourth-order valence-corrected chi connectivity index (χ4v) is 2.07. The van der Waals surface area contributed by atoms with Crippen molar-refractivity contribution in [2.24, 2.45) is 0 Å². The molecule has 0 aliphatic rings. The Morgan fingerprint density at radius 1 is 0.526 bits per heavy atom. The smallest absolute Gasteiger partial charge is 0.116 e. The van der Waals surface area contributed by atoms with E-state index in [0.717, 1.165) is 21.9 Å². The molecule has 0 unspecified atom stereocenters. The molecule has 2 nitrogen and oxygen atoms in total. The van der Waals surface area contributed by atoms with Crippen molar-refractivity contribution in [1.29, 1.82) is 0 Å². The third-order valence-electron chi connectivity index (χ3n) is 3.02. The molecular weight excluding hydrogens is 236 g/mol. The maximum absolute atomic E-state index is 9.42. The van der Waals surface area contributed by atoms with Gasteiger partial charge in [-0.05, 0) is 52.2 Å². The Hall–Kier alpha value is -2.48. The highest BCUT2D eigenvalue weighted by Gasteiger charge is 2.00. The normalized spacial score (nSPS) is 10.1. The Kier molecular flexibility index (Phi) is 3.43. The molecular formula is C17H16O2. The number of rotatable bonds is 1. The van der Waals surface area contributed by atoms with E-state index < -0.39 is 0 Å². The average molecular weight is 252 g/mol. The van der Waals surface area contributed by atoms with Gasteiger partial charge in [0.2, 0.25) is 0 Å². The second-order valence-electron chi connectivity index (χ2n) is 4.29. The lowest BCUT2D eigenvalue weighted by Gasteiger charge is -2.05. The molecule has 0 saturated carbocycles. The van der Waals surface area contributed by atoms with E-state index >= 15 is 0 Å². The molecule has 0 amide bonds. The molecule has 3 aromatic rings. The van der Waals surface area contributed by atoms with Gasteiger partial charge in [-0.1, -0.05) is 37.8 Å². The van der Waals surface area contributed by atoms with Crippen molar-refractivity contribution >= 4 is 10.8 Å². The molecule has 0 saturated heterocycles. The summed E-state index contributed by atoms with van der Waals surface area (Å²) in [6.07, 6.45) is 0. The predicted molar refractivity (Wildman–Crippen MR) is 79.4 cm³/mol. The lowest BCUT2D eigenvalue weighted by atomic mass is 10.0. The van der Waals surface area contributed by atoms with Crippen LogP contribution in [0.15, 0.2) is 60.7 Å². The van der Waals surface area contributed by atoms with E-state index in [0.29, 0.717) is 0 Å². The van der Waals surface area contributed by atoms with Gasteiger partial charge >= 0.3 is 0 Å². The van der Waals surface area contributed by atoms with E-state index in [-0.39, 0.29) is 18.9 Å². The van der Waals surface area contributed by atoms with Crippen molar-refractivity contribution < 1.29 is 10.2 Å². The van der Waals surface area contributed by atoms with Crippen LogP contribution in [0.4, 0.5) is 0 Å². The summed E-state index contributed by atoms with van der Waals surface area (Å²) in [6, 6.07) is 18.5. The van der Waals surface area contributed by atoms with E-state index in [2.05, 4.69) is 6.07 Å². The van der Waals surface area contributed by atoms with Gasteiger partial charge in [-0.2, -0.15) is 0 Å². The summed E-state index contributed by atoms with van der Waals surface area (Å²) in [4.78, 5) is 0. The third kappa shape index (κ3) is 2.52. The van der Waals surface area contributed by atoms with Crippen LogP contribution >= 0.6 is 0 Å². The summed E-state index contributed by atoms with van der Waals surface area (Å²) < 4.78 is 0. The molecule has 2 N–H and O–H groups in total. The monoisotopic (exact) mass is 252 g/mol. The van der Waals surface area contributed by atoms with Gasteiger partial charge in [0.05, 0.1) is 0 Å². The van der Waals surface area contributed by atoms with E-state index in [1.165, 1.54) is 0 Å². The Morgan fingerprint density at radius 2 is 1.05 bits per heavy atom. The van der Waals surface area contributed by atoms with Crippen molar-refractivity contribution in [2.45, 2.75) is 7.43 Å². The van der Waals surface area contributed by atoms with E-state index in [1.54, 1.807) is 24.3 Å². The molecule has 0 heterocycles. The zero-order valence-electron chi connectivity index (χ0n) is 9.67. The maximum Gasteiger partial charge on any atom is 0.116 e. The minimum absolute atomic E-state index is 0. The second kappa shape index (κ2) is 5.02. The molecule has 0 aliphatic heterocycles. The number of aromatic hydroxyl groups is 2. The number of hydrogen-bond donors (Lipinski definition) is 2. The van der Waals surface area contributed by atoms with Crippen molar-refractivity contribution in [1.82, 2.24) is 0 Å². The summed E-state index contributed by atoms with van der Waals surface area (Å²) in [5.41, 5.74) is 2.15. The van der Waals surface area contributed by atoms with Crippen LogP contribution in [0, 0.1) is 0 Å². The second-order valence-corrected chi connectivity index (χ2v) is 4.29. The molecule has 0 bridgehead atoms. The summed E-state index contributed by atoms with van der Waals surface area (Å²) >= 11 is 0. The predicted octanol–water partition coefficient (Wildman–Crippen LogP) is 4.55. The Balaban J connectivity index is 0.00000133. The quantitative estimate of drug-likeness (QED) is 0.666. The van der Waals surface area contributed by atoms with Gasteiger partial charge in [-0.25, -0.2) is 0 Å². The summed E-state index contributed by atoms with van der Waals surface area (Å²) in [7, 11) is 0. The van der Waals surface area contributed by atoms with Crippen LogP contribution in [-0.4, -0.2) is 10.2 Å². The minimum atomic E-state index is 0. The van der Waals surface area contributed by atoms with Gasteiger partial charge in [0.25, 0.3) is 0 Å². The molecule has 19 heavy (non-hydrogen) atoms. The van der Waals surface area contributed by atoms with Crippen molar-refractivity contribution in [3.05, 3.63) is 60.7 Å². The van der Waals surface area contributed by atoms with Gasteiger partial charge < -0.3 is 10.2 Å². The standard InChI is InChI=1S/C16H12O2.CH4/c17-15-6-3-11(4-7-15)12-1-2-14-10-16(18)8-5-13(14)9-12;/h1-10,17-18H;1H4. The number of phenolic OH excluding ortho intramolecular Hbond substituents is 2. The highest BCUT2D eigenvalue weighted by Crippen LogP contribution is 2.27. The third-order valence-corrected chi connectivity index (χ3v) is 3.02. The first kappa shape index (κ1) is 13.0. The molecule has 0 aliphatic carbocycles. The molecule has 0 spiro atoms. The highest BCUT2D eigenvalue weighted by atomic mass is 16.3. The SMILES string of the molecule is C.Oc1ccc(-c2ccc3cc(O)ccc3c2)cc1. The largest absolute Gasteiger partial charge is 0.508 e. The van der Waals surface area contributed by atoms with Gasteiger partial charge in [0.1, 0.15) is 11.5 Å². The van der Waals surface area contributed by atoms with Crippen molar-refractivity contribution in [3.63, 3.8) is 0 Å². The average Bonchev–Trinajstić information content (AvgIpc) is 2.39. The number of hydrogen-bond acceptors (Lipinski definition) is 2. The number of phenols is 2. The highest BCUT2D eigenvalue weighted by molar-refractivity contribution is 5.88. The fourth-order valence-electron chi connectivity index (χ4n) is 2.07. The Morgan fingerprint density at radius 3 is 1.79 bits per heavy atom. The molecule has 0 radical (unpaired) electrons. The van der Waals surface area contributed by atoms with Gasteiger partial charge in [0.15, 0.2) is 0 Å². The van der Waals surface area contributed by atoms with Crippen LogP contribution < -0.4 is 0 Å². The molecule has 3 aromatic carbocycles. The molecule has 0 fully saturated rings. The van der Waals surface area contributed by atoms with Crippen LogP contribution in [-0.2, 0) is 0 Å². The maximum atomic E-state index is 9.42. The number of fused-ring (bicyclic) bond motifs is 1. The van der Waals surface area contributed by atoms with E-state index in [1.807, 2.05) is 30.3 Å². The van der Waals surface area contributed by atoms with Crippen molar-refractivity contribution in [3.8, 4) is 22.6 Å². The van der Waals surface area contributed by atoms with Gasteiger partial charge in [0, 0.05) is 0 Å². The lowest BCUT2D eigenvalue weighted by Crippen LogP contribution is -1.79. The van der Waals surface area contributed by atoms with Gasteiger partial charge in [-0.3, -0.25) is 0 Å². The first-order chi connectivity index (χ1) is 8.72. The van der Waals surface area contributed by atoms with E-state index in [9.17, 15) is 10.2 Å². The molecule has 96 valence electrons. The first-order valence-corrected chi connectivity index (χ1v) is 5.74. The Labute approximate surface area is 112 Å². The Bertz CT molecular complexity index is 700. The van der Waals surface area contributed by atoms with Crippen LogP contribution in [0.5, 0.6) is 11.5 Å². The summed E-state index contributed by atoms with van der Waals surface area (Å²) in [6.45, 7) is 0. The van der Waals surface area contributed by atoms with Crippen molar-refractivity contribution in [2.75, 3.05) is 0 Å². The van der Waals surface area contributed by atoms with Crippen LogP contribution in [0.2, 0.25) is 0 Å². The van der Waals surface area contributed by atoms with Gasteiger partial charge in [-0.15, -0.1) is 0 Å². The fraction of sp³-hybridized carbons (Fsp3) is 0.0588. The number of benzene rings is 3. The van der Waals surface area contributed by atoms with Crippen LogP contribution in [0.3, 0.4) is 0 Å².